The first-order valence-corrected chi connectivity index (χ1v) is 26.9. The molecule has 0 aromatic carbocycles. The van der Waals surface area contributed by atoms with Crippen molar-refractivity contribution in [1.29, 1.82) is 0 Å². The molecule has 6 aliphatic heterocycles. The SMILES string of the molecule is C[C@@H]1CC[C@@]2(OC1)O[C@H]1C[C@H]3[C@@H]4CC=C5C[C@@H](O[C@@H]6O[C@H](CO)[C@@H](O[C@@H]7O[C@H](CO)[C@@H](O)[C@H](O[C@@H]8O[C@H](CO)[C@@H](O)[C@H](O)[C@H]8O)[C@H]7O)[C@H](O)[C@H]6O[C@@H]6O[C@@H](C)[C@H](O)[C@@H](O)[C@H]6O)CC[C@]5(C)[C@H]4CC[C@]3(C)[C@H]1[C@@H]2C. The topological polar surface area (TPSA) is 335 Å². The molecule has 1 spiro atoms. The Balaban J connectivity index is 0.857. The summed E-state index contributed by atoms with van der Waals surface area (Å²) in [5.41, 5.74) is 1.35. The van der Waals surface area contributed by atoms with Crippen molar-refractivity contribution in [3.63, 3.8) is 0 Å². The molecule has 0 amide bonds. The van der Waals surface area contributed by atoms with Gasteiger partial charge in [0.25, 0.3) is 0 Å². The van der Waals surface area contributed by atoms with Crippen LogP contribution in [0.1, 0.15) is 92.4 Å². The summed E-state index contributed by atoms with van der Waals surface area (Å²) < 4.78 is 61.8. The molecule has 31 atom stereocenters. The number of fused-ring (bicyclic) bond motifs is 7. The van der Waals surface area contributed by atoms with E-state index in [1.165, 1.54) is 12.5 Å². The maximum atomic E-state index is 12.3. The second-order valence-electron chi connectivity index (χ2n) is 23.9. The summed E-state index contributed by atoms with van der Waals surface area (Å²) in [6, 6.07) is 0. The highest BCUT2D eigenvalue weighted by Gasteiger charge is 2.69. The number of hydrogen-bond donors (Lipinski definition) is 12. The molecule has 0 bridgehead atoms. The van der Waals surface area contributed by atoms with E-state index >= 15 is 0 Å². The molecule has 3 saturated carbocycles. The zero-order valence-electron chi connectivity index (χ0n) is 42.4. The van der Waals surface area contributed by atoms with Crippen LogP contribution in [-0.2, 0) is 47.4 Å². The van der Waals surface area contributed by atoms with Crippen molar-refractivity contribution in [2.24, 2.45) is 46.3 Å². The lowest BCUT2D eigenvalue weighted by atomic mass is 9.47. The van der Waals surface area contributed by atoms with Gasteiger partial charge in [0, 0.05) is 12.3 Å². The van der Waals surface area contributed by atoms with Crippen LogP contribution in [-0.4, -0.2) is 229 Å². The molecule has 22 heteroatoms. The van der Waals surface area contributed by atoms with Crippen LogP contribution in [0.2, 0.25) is 0 Å². The Labute approximate surface area is 425 Å². The third-order valence-electron chi connectivity index (χ3n) is 19.8. The Morgan fingerprint density at radius 3 is 1.86 bits per heavy atom. The van der Waals surface area contributed by atoms with E-state index in [1.807, 2.05) is 0 Å². The molecule has 10 rings (SSSR count). The molecule has 0 unspecified atom stereocenters. The minimum absolute atomic E-state index is 0.0914. The molecule has 10 aliphatic rings. The van der Waals surface area contributed by atoms with Crippen molar-refractivity contribution >= 4 is 0 Å². The summed E-state index contributed by atoms with van der Waals surface area (Å²) in [5.74, 6) is 2.32. The predicted molar refractivity (Wildman–Crippen MR) is 247 cm³/mol. The number of allylic oxidation sites excluding steroid dienone is 1. The van der Waals surface area contributed by atoms with Crippen LogP contribution >= 0.6 is 0 Å². The maximum Gasteiger partial charge on any atom is 0.187 e. The van der Waals surface area contributed by atoms with E-state index < -0.39 is 155 Å². The molecule has 73 heavy (non-hydrogen) atoms. The molecule has 418 valence electrons. The minimum Gasteiger partial charge on any atom is -0.394 e. The summed E-state index contributed by atoms with van der Waals surface area (Å²) in [6.07, 6.45) is -23.0. The van der Waals surface area contributed by atoms with Crippen LogP contribution in [0.5, 0.6) is 0 Å². The van der Waals surface area contributed by atoms with E-state index in [2.05, 4.69) is 33.8 Å². The van der Waals surface area contributed by atoms with Crippen LogP contribution in [0.15, 0.2) is 11.6 Å². The normalized spacial score (nSPS) is 57.1. The van der Waals surface area contributed by atoms with E-state index in [1.54, 1.807) is 0 Å². The average molecular weight is 1050 g/mol. The van der Waals surface area contributed by atoms with Crippen LogP contribution in [0, 0.1) is 46.3 Å². The second-order valence-corrected chi connectivity index (χ2v) is 23.9. The van der Waals surface area contributed by atoms with Crippen molar-refractivity contribution in [1.82, 2.24) is 0 Å². The van der Waals surface area contributed by atoms with Crippen LogP contribution in [0.4, 0.5) is 0 Å². The number of rotatable bonds is 11. The average Bonchev–Trinajstić information content (AvgIpc) is 3.82. The lowest BCUT2D eigenvalue weighted by molar-refractivity contribution is -0.396. The first-order valence-electron chi connectivity index (χ1n) is 26.9. The molecule has 6 heterocycles. The van der Waals surface area contributed by atoms with Crippen LogP contribution in [0.3, 0.4) is 0 Å². The first-order chi connectivity index (χ1) is 34.7. The lowest BCUT2D eigenvalue weighted by Gasteiger charge is -2.59. The zero-order chi connectivity index (χ0) is 52.2. The highest BCUT2D eigenvalue weighted by Crippen LogP contribution is 2.71. The van der Waals surface area contributed by atoms with Gasteiger partial charge >= 0.3 is 0 Å². The summed E-state index contributed by atoms with van der Waals surface area (Å²) in [5, 5.41) is 130. The highest BCUT2D eigenvalue weighted by atomic mass is 16.8. The zero-order valence-corrected chi connectivity index (χ0v) is 42.4. The highest BCUT2D eigenvalue weighted by molar-refractivity contribution is 5.26. The largest absolute Gasteiger partial charge is 0.394 e. The molecular formula is C51H82O22. The van der Waals surface area contributed by atoms with Gasteiger partial charge in [-0.2, -0.15) is 0 Å². The standard InChI is InChI=1S/C51H82O22/c1-20-8-13-51(64-19-20)21(2)32-28(73-51)15-27-25-7-6-23-14-24(9-11-49(23,4)26(25)10-12-50(27,32)5)66-48-44(72-45-38(60)36(58)33(55)22(3)65-45)40(62)42(31(18-54)69-48)70-47-41(63)43(35(57)30(17-53)68-47)71-46-39(61)37(59)34(56)29(16-52)67-46/h6,20-22,24-48,52-63H,7-19H2,1-5H3/t20-,21+,22+,24+,25-,26+,27+,28+,29-,30-,31-,32+,33+,34-,35-,36-,37+,38-,39-,40+,41-,42-,43+,44-,45+,46+,47+,48-,49+,50+,51-/m1/s1. The Morgan fingerprint density at radius 2 is 1.19 bits per heavy atom. The van der Waals surface area contributed by atoms with Gasteiger partial charge < -0.3 is 109 Å². The molecule has 0 radical (unpaired) electrons. The molecule has 0 aromatic rings. The molecule has 12 N–H and O–H groups in total. The van der Waals surface area contributed by atoms with Crippen molar-refractivity contribution in [3.05, 3.63) is 11.6 Å². The molecule has 4 aliphatic carbocycles. The van der Waals surface area contributed by atoms with Gasteiger partial charge in [-0.3, -0.25) is 0 Å². The number of ether oxygens (including phenoxy) is 10. The summed E-state index contributed by atoms with van der Waals surface area (Å²) in [6.45, 7) is 9.28. The van der Waals surface area contributed by atoms with E-state index in [4.69, 9.17) is 47.4 Å². The fourth-order valence-electron chi connectivity index (χ4n) is 15.5. The quantitative estimate of drug-likeness (QED) is 0.1000. The van der Waals surface area contributed by atoms with Crippen molar-refractivity contribution in [2.45, 2.75) is 233 Å². The van der Waals surface area contributed by atoms with Gasteiger partial charge in [-0.05, 0) is 98.7 Å². The minimum atomic E-state index is -2.00. The van der Waals surface area contributed by atoms with Crippen molar-refractivity contribution < 1.29 is 109 Å². The van der Waals surface area contributed by atoms with Gasteiger partial charge in [0.1, 0.15) is 91.6 Å². The van der Waals surface area contributed by atoms with E-state index in [0.717, 1.165) is 51.6 Å². The van der Waals surface area contributed by atoms with Gasteiger partial charge in [0.05, 0.1) is 44.7 Å². The lowest BCUT2D eigenvalue weighted by Crippen LogP contribution is -2.68. The van der Waals surface area contributed by atoms with Crippen molar-refractivity contribution in [3.8, 4) is 0 Å². The fourth-order valence-corrected chi connectivity index (χ4v) is 15.5. The van der Waals surface area contributed by atoms with Crippen LogP contribution in [0.25, 0.3) is 0 Å². The van der Waals surface area contributed by atoms with Gasteiger partial charge in [0.2, 0.25) is 0 Å². The molecule has 22 nitrogen and oxygen atoms in total. The Kier molecular flexibility index (Phi) is 16.0. The van der Waals surface area contributed by atoms with Gasteiger partial charge in [0.15, 0.2) is 30.9 Å². The molecule has 9 fully saturated rings. The Hall–Kier alpha value is -1.14. The van der Waals surface area contributed by atoms with E-state index in [9.17, 15) is 61.3 Å². The second kappa shape index (κ2) is 21.2. The van der Waals surface area contributed by atoms with Gasteiger partial charge in [-0.1, -0.05) is 39.3 Å². The summed E-state index contributed by atoms with van der Waals surface area (Å²) in [4.78, 5) is 0. The predicted octanol–water partition coefficient (Wildman–Crippen LogP) is -1.96. The monoisotopic (exact) mass is 1050 g/mol. The molecular weight excluding hydrogens is 965 g/mol. The van der Waals surface area contributed by atoms with Crippen LogP contribution < -0.4 is 0 Å². The van der Waals surface area contributed by atoms with E-state index in [-0.39, 0.29) is 16.9 Å². The number of aliphatic hydroxyl groups is 12. The van der Waals surface area contributed by atoms with Gasteiger partial charge in [-0.25, -0.2) is 0 Å². The molecule has 0 aromatic heterocycles. The summed E-state index contributed by atoms with van der Waals surface area (Å²) in [7, 11) is 0. The van der Waals surface area contributed by atoms with Crippen molar-refractivity contribution in [2.75, 3.05) is 26.4 Å². The Morgan fingerprint density at radius 1 is 0.575 bits per heavy atom. The maximum absolute atomic E-state index is 12.3. The summed E-state index contributed by atoms with van der Waals surface area (Å²) >= 11 is 0. The molecule has 6 saturated heterocycles. The number of hydrogen-bond acceptors (Lipinski definition) is 22. The third kappa shape index (κ3) is 9.42. The van der Waals surface area contributed by atoms with E-state index in [0.29, 0.717) is 48.3 Å². The Bertz CT molecular complexity index is 1920. The third-order valence-corrected chi connectivity index (χ3v) is 19.8. The smallest absolute Gasteiger partial charge is 0.187 e. The fraction of sp³-hybridized carbons (Fsp3) is 0.961. The number of aliphatic hydroxyl groups excluding tert-OH is 12. The van der Waals surface area contributed by atoms with Gasteiger partial charge in [-0.15, -0.1) is 0 Å². The first kappa shape index (κ1) is 55.2.